The monoisotopic (exact) mass is 417 g/mol. The molecule has 0 N–H and O–H groups in total. The Hall–Kier alpha value is -3.15. The lowest BCUT2D eigenvalue weighted by atomic mass is 10.1. The van der Waals surface area contributed by atoms with Crippen LogP contribution in [-0.2, 0) is 4.84 Å². The average Bonchev–Trinajstić information content (AvgIpc) is 3.32. The van der Waals surface area contributed by atoms with E-state index in [9.17, 15) is 4.79 Å². The first kappa shape index (κ1) is 20.1. The Balaban J connectivity index is 1.45. The second kappa shape index (κ2) is 9.57. The first-order valence-corrected chi connectivity index (χ1v) is 10.7. The molecule has 4 nitrogen and oxygen atoms in total. The molecule has 0 amide bonds. The van der Waals surface area contributed by atoms with Crippen molar-refractivity contribution in [1.29, 1.82) is 0 Å². The fourth-order valence-electron chi connectivity index (χ4n) is 3.30. The van der Waals surface area contributed by atoms with Crippen molar-refractivity contribution in [2.24, 2.45) is 0 Å². The molecule has 0 radical (unpaired) electrons. The van der Waals surface area contributed by atoms with Gasteiger partial charge in [-0.25, -0.2) is 4.79 Å². The van der Waals surface area contributed by atoms with Crippen LogP contribution in [0.5, 0.6) is 5.75 Å². The van der Waals surface area contributed by atoms with Gasteiger partial charge in [-0.05, 0) is 35.0 Å². The van der Waals surface area contributed by atoms with Crippen molar-refractivity contribution in [1.82, 2.24) is 5.06 Å². The van der Waals surface area contributed by atoms with Gasteiger partial charge >= 0.3 is 5.97 Å². The summed E-state index contributed by atoms with van der Waals surface area (Å²) in [6.45, 7) is 0.548. The molecule has 0 aliphatic rings. The summed E-state index contributed by atoms with van der Waals surface area (Å²) in [5, 5.41) is 5.86. The number of carbonyl (C=O) groups excluding carboxylic acids is 1. The Morgan fingerprint density at radius 1 is 0.933 bits per heavy atom. The Labute approximate surface area is 180 Å². The molecular formula is C25H23NO3S. The maximum Gasteiger partial charge on any atom is 0.357 e. The van der Waals surface area contributed by atoms with Gasteiger partial charge in [0.05, 0.1) is 5.56 Å². The molecule has 1 aromatic heterocycles. The van der Waals surface area contributed by atoms with E-state index in [0.29, 0.717) is 18.5 Å². The Kier molecular flexibility index (Phi) is 6.42. The van der Waals surface area contributed by atoms with Gasteiger partial charge in [-0.1, -0.05) is 60.7 Å². The molecule has 3 aromatic carbocycles. The molecule has 0 fully saturated rings. The van der Waals surface area contributed by atoms with Crippen LogP contribution in [0.15, 0.2) is 90.3 Å². The fraction of sp³-hybridized carbons (Fsp3) is 0.160. The van der Waals surface area contributed by atoms with Gasteiger partial charge in [0, 0.05) is 30.3 Å². The highest BCUT2D eigenvalue weighted by Gasteiger charge is 2.18. The maximum atomic E-state index is 12.3. The third kappa shape index (κ3) is 4.87. The molecule has 4 aromatic rings. The Bertz CT molecular complexity index is 1090. The maximum absolute atomic E-state index is 12.3. The highest BCUT2D eigenvalue weighted by atomic mass is 32.1. The molecule has 0 aliphatic heterocycles. The lowest BCUT2D eigenvalue weighted by Crippen LogP contribution is -2.26. The van der Waals surface area contributed by atoms with Crippen molar-refractivity contribution in [3.8, 4) is 5.75 Å². The van der Waals surface area contributed by atoms with Gasteiger partial charge in [-0.3, -0.25) is 0 Å². The topological polar surface area (TPSA) is 38.8 Å². The van der Waals surface area contributed by atoms with Crippen LogP contribution in [0.25, 0.3) is 10.8 Å². The van der Waals surface area contributed by atoms with E-state index in [2.05, 4.69) is 24.3 Å². The van der Waals surface area contributed by atoms with Crippen LogP contribution < -0.4 is 4.74 Å². The summed E-state index contributed by atoms with van der Waals surface area (Å²) in [6, 6.07) is 27.4. The number of benzene rings is 3. The van der Waals surface area contributed by atoms with E-state index in [-0.39, 0.29) is 12.1 Å². The smallest absolute Gasteiger partial charge is 0.357 e. The van der Waals surface area contributed by atoms with Crippen LogP contribution in [0.3, 0.4) is 0 Å². The summed E-state index contributed by atoms with van der Waals surface area (Å²) in [4.78, 5) is 18.9. The highest BCUT2D eigenvalue weighted by molar-refractivity contribution is 7.10. The molecule has 4 rings (SSSR count). The van der Waals surface area contributed by atoms with Crippen molar-refractivity contribution in [2.45, 2.75) is 12.5 Å². The number of carbonyl (C=O) groups is 1. The van der Waals surface area contributed by atoms with Crippen LogP contribution in [-0.4, -0.2) is 24.6 Å². The van der Waals surface area contributed by atoms with Crippen LogP contribution >= 0.6 is 11.3 Å². The second-order valence-corrected chi connectivity index (χ2v) is 7.96. The van der Waals surface area contributed by atoms with Crippen molar-refractivity contribution < 1.29 is 14.4 Å². The number of thiophene rings is 1. The van der Waals surface area contributed by atoms with Crippen LogP contribution in [0.2, 0.25) is 0 Å². The number of hydrogen-bond acceptors (Lipinski definition) is 5. The molecule has 152 valence electrons. The first-order valence-electron chi connectivity index (χ1n) is 9.87. The van der Waals surface area contributed by atoms with E-state index in [1.54, 1.807) is 35.6 Å². The summed E-state index contributed by atoms with van der Waals surface area (Å²) >= 11 is 1.67. The number of hydrogen-bond donors (Lipinski definition) is 0. The Morgan fingerprint density at radius 2 is 1.70 bits per heavy atom. The zero-order chi connectivity index (χ0) is 20.8. The van der Waals surface area contributed by atoms with Gasteiger partial charge < -0.3 is 9.57 Å². The molecule has 1 heterocycles. The molecule has 0 spiro atoms. The van der Waals surface area contributed by atoms with Crippen molar-refractivity contribution in [3.63, 3.8) is 0 Å². The number of hydroxylamine groups is 2. The molecular weight excluding hydrogens is 394 g/mol. The van der Waals surface area contributed by atoms with E-state index < -0.39 is 0 Å². The second-order valence-electron chi connectivity index (χ2n) is 6.98. The van der Waals surface area contributed by atoms with E-state index in [1.807, 2.05) is 53.9 Å². The first-order chi connectivity index (χ1) is 14.7. The predicted octanol–water partition coefficient (Wildman–Crippen LogP) is 6.12. The van der Waals surface area contributed by atoms with E-state index in [1.165, 1.54) is 0 Å². The number of nitrogens with zero attached hydrogens (tertiary/aromatic N) is 1. The van der Waals surface area contributed by atoms with Crippen LogP contribution in [0.4, 0.5) is 0 Å². The predicted molar refractivity (Wildman–Crippen MR) is 121 cm³/mol. The van der Waals surface area contributed by atoms with Gasteiger partial charge in [-0.2, -0.15) is 0 Å². The van der Waals surface area contributed by atoms with E-state index in [0.717, 1.165) is 21.4 Å². The summed E-state index contributed by atoms with van der Waals surface area (Å²) in [5.74, 6) is 0.496. The SMILES string of the molecule is CN(CC[C@H](Oc1cccc2ccccc12)c1cccs1)OC(=O)c1ccccc1. The minimum Gasteiger partial charge on any atom is -0.484 e. The van der Waals surface area contributed by atoms with Gasteiger partial charge in [0.25, 0.3) is 0 Å². The summed E-state index contributed by atoms with van der Waals surface area (Å²) in [7, 11) is 1.77. The lowest BCUT2D eigenvalue weighted by molar-refractivity contribution is -0.0943. The summed E-state index contributed by atoms with van der Waals surface area (Å²) in [6.07, 6.45) is 0.552. The molecule has 30 heavy (non-hydrogen) atoms. The third-order valence-electron chi connectivity index (χ3n) is 4.83. The van der Waals surface area contributed by atoms with Crippen molar-refractivity contribution in [2.75, 3.05) is 13.6 Å². The largest absolute Gasteiger partial charge is 0.484 e. The minimum absolute atomic E-state index is 0.131. The van der Waals surface area contributed by atoms with Crippen molar-refractivity contribution >= 4 is 28.1 Å². The third-order valence-corrected chi connectivity index (χ3v) is 5.80. The van der Waals surface area contributed by atoms with Crippen molar-refractivity contribution in [3.05, 3.63) is 101 Å². The quantitative estimate of drug-likeness (QED) is 0.324. The lowest BCUT2D eigenvalue weighted by Gasteiger charge is -2.22. The molecule has 0 aliphatic carbocycles. The molecule has 0 bridgehead atoms. The minimum atomic E-state index is -0.360. The standard InChI is InChI=1S/C25H23NO3S/c1-26(29-25(27)20-10-3-2-4-11-20)17-16-23(24-15-8-18-30-24)28-22-14-7-12-19-9-5-6-13-21(19)22/h2-15,18,23H,16-17H2,1H3/t23-/m0/s1. The molecule has 5 heteroatoms. The van der Waals surface area contributed by atoms with E-state index in [4.69, 9.17) is 9.57 Å². The highest BCUT2D eigenvalue weighted by Crippen LogP contribution is 2.32. The summed E-state index contributed by atoms with van der Waals surface area (Å²) in [5.41, 5.74) is 0.533. The molecule has 1 atom stereocenters. The molecule has 0 saturated carbocycles. The Morgan fingerprint density at radius 3 is 2.50 bits per heavy atom. The van der Waals surface area contributed by atoms with Gasteiger partial charge in [0.15, 0.2) is 0 Å². The van der Waals surface area contributed by atoms with Gasteiger partial charge in [0.2, 0.25) is 0 Å². The zero-order valence-electron chi connectivity index (χ0n) is 16.7. The zero-order valence-corrected chi connectivity index (χ0v) is 17.5. The normalized spacial score (nSPS) is 12.1. The van der Waals surface area contributed by atoms with Gasteiger partial charge in [-0.15, -0.1) is 16.4 Å². The number of ether oxygens (including phenoxy) is 1. The summed E-state index contributed by atoms with van der Waals surface area (Å²) < 4.78 is 6.46. The fourth-order valence-corrected chi connectivity index (χ4v) is 4.09. The molecule has 0 unspecified atom stereocenters. The van der Waals surface area contributed by atoms with Crippen LogP contribution in [0, 0.1) is 0 Å². The van der Waals surface area contributed by atoms with Crippen LogP contribution in [0.1, 0.15) is 27.8 Å². The number of rotatable bonds is 8. The average molecular weight is 418 g/mol. The van der Waals surface area contributed by atoms with Gasteiger partial charge in [0.1, 0.15) is 11.9 Å². The molecule has 0 saturated heterocycles. The number of fused-ring (bicyclic) bond motifs is 1. The van der Waals surface area contributed by atoms with E-state index >= 15 is 0 Å².